The molecule has 1 atom stereocenters. The first-order valence-corrected chi connectivity index (χ1v) is 6.12. The minimum absolute atomic E-state index is 0.282. The molecule has 94 valence electrons. The van der Waals surface area contributed by atoms with Crippen molar-refractivity contribution in [2.24, 2.45) is 11.8 Å². The molecule has 1 aromatic heterocycles. The second kappa shape index (κ2) is 5.84. The summed E-state index contributed by atoms with van der Waals surface area (Å²) in [5.41, 5.74) is 3.71. The van der Waals surface area contributed by atoms with Crippen molar-refractivity contribution in [2.75, 3.05) is 30.0 Å². The first-order valence-electron chi connectivity index (χ1n) is 6.12. The molecule has 2 rings (SSSR count). The van der Waals surface area contributed by atoms with E-state index >= 15 is 0 Å². The van der Waals surface area contributed by atoms with Crippen LogP contribution in [0.3, 0.4) is 0 Å². The lowest BCUT2D eigenvalue weighted by atomic mass is 9.95. The number of nitrogen functional groups attached to an aromatic ring is 1. The highest BCUT2D eigenvalue weighted by Crippen LogP contribution is 2.25. The average Bonchev–Trinajstić information content (AvgIpc) is 2.40. The van der Waals surface area contributed by atoms with E-state index in [2.05, 4.69) is 15.3 Å². The fourth-order valence-corrected chi connectivity index (χ4v) is 2.41. The Morgan fingerprint density at radius 1 is 1.59 bits per heavy atom. The van der Waals surface area contributed by atoms with Crippen LogP contribution in [-0.4, -0.2) is 29.8 Å². The van der Waals surface area contributed by atoms with E-state index in [-0.39, 0.29) is 6.61 Å². The zero-order valence-corrected chi connectivity index (χ0v) is 9.97. The lowest BCUT2D eigenvalue weighted by Gasteiger charge is -2.34. The molecule has 1 unspecified atom stereocenters. The quantitative estimate of drug-likeness (QED) is 0.536. The molecule has 0 aromatic carbocycles. The Morgan fingerprint density at radius 3 is 3.24 bits per heavy atom. The summed E-state index contributed by atoms with van der Waals surface area (Å²) < 4.78 is 0. The van der Waals surface area contributed by atoms with Gasteiger partial charge in [0, 0.05) is 37.6 Å². The van der Waals surface area contributed by atoms with Gasteiger partial charge >= 0.3 is 0 Å². The monoisotopic (exact) mass is 236 g/mol. The molecule has 5 nitrogen and oxygen atoms in total. The van der Waals surface area contributed by atoms with E-state index in [9.17, 15) is 0 Å². The van der Waals surface area contributed by atoms with Gasteiger partial charge in [-0.05, 0) is 31.2 Å². The number of aliphatic hydroxyl groups excluding tert-OH is 1. The van der Waals surface area contributed by atoms with E-state index < -0.39 is 0 Å². The van der Waals surface area contributed by atoms with Crippen molar-refractivity contribution in [2.45, 2.75) is 19.3 Å². The van der Waals surface area contributed by atoms with Crippen molar-refractivity contribution in [3.05, 3.63) is 18.3 Å². The molecule has 0 aliphatic carbocycles. The van der Waals surface area contributed by atoms with Crippen LogP contribution in [0.5, 0.6) is 0 Å². The summed E-state index contributed by atoms with van der Waals surface area (Å²) in [5.74, 6) is 6.64. The number of aliphatic hydroxyl groups is 1. The Bertz CT molecular complexity index is 356. The Hall–Kier alpha value is -1.33. The van der Waals surface area contributed by atoms with Crippen LogP contribution in [-0.2, 0) is 0 Å². The largest absolute Gasteiger partial charge is 0.396 e. The van der Waals surface area contributed by atoms with Crippen LogP contribution in [0.25, 0.3) is 0 Å². The van der Waals surface area contributed by atoms with Crippen LogP contribution in [0.4, 0.5) is 11.5 Å². The Balaban J connectivity index is 2.05. The van der Waals surface area contributed by atoms with Gasteiger partial charge in [0.2, 0.25) is 0 Å². The highest BCUT2D eigenvalue weighted by atomic mass is 16.3. The van der Waals surface area contributed by atoms with Gasteiger partial charge in [-0.25, -0.2) is 10.8 Å². The normalized spacial score (nSPS) is 20.4. The van der Waals surface area contributed by atoms with Gasteiger partial charge in [0.25, 0.3) is 0 Å². The van der Waals surface area contributed by atoms with Gasteiger partial charge in [0.1, 0.15) is 5.82 Å². The number of piperidine rings is 1. The molecule has 2 heterocycles. The SMILES string of the molecule is NNc1cc(N2CCCC(CCO)C2)ccn1. The van der Waals surface area contributed by atoms with E-state index in [4.69, 9.17) is 10.9 Å². The number of nitrogens with zero attached hydrogens (tertiary/aromatic N) is 2. The summed E-state index contributed by atoms with van der Waals surface area (Å²) in [6, 6.07) is 3.96. The van der Waals surface area contributed by atoms with Crippen molar-refractivity contribution >= 4 is 11.5 Å². The molecule has 0 radical (unpaired) electrons. The number of anilines is 2. The molecule has 1 fully saturated rings. The smallest absolute Gasteiger partial charge is 0.141 e. The number of hydrogen-bond donors (Lipinski definition) is 3. The van der Waals surface area contributed by atoms with Crippen LogP contribution >= 0.6 is 0 Å². The fourth-order valence-electron chi connectivity index (χ4n) is 2.41. The van der Waals surface area contributed by atoms with Gasteiger partial charge in [-0.1, -0.05) is 0 Å². The number of nitrogens with one attached hydrogen (secondary N) is 1. The predicted molar refractivity (Wildman–Crippen MR) is 68.7 cm³/mol. The molecule has 17 heavy (non-hydrogen) atoms. The molecular weight excluding hydrogens is 216 g/mol. The van der Waals surface area contributed by atoms with Crippen molar-refractivity contribution in [3.8, 4) is 0 Å². The standard InChI is InChI=1S/C12H20N4O/c13-15-12-8-11(3-5-14-12)16-6-1-2-10(9-16)4-7-17/h3,5,8,10,17H,1-2,4,6-7,9,13H2,(H,14,15). The third-order valence-electron chi connectivity index (χ3n) is 3.31. The van der Waals surface area contributed by atoms with Crippen molar-refractivity contribution in [3.63, 3.8) is 0 Å². The fraction of sp³-hybridized carbons (Fsp3) is 0.583. The second-order valence-corrected chi connectivity index (χ2v) is 4.51. The Morgan fingerprint density at radius 2 is 2.47 bits per heavy atom. The number of aromatic nitrogens is 1. The minimum Gasteiger partial charge on any atom is -0.396 e. The molecule has 1 aliphatic heterocycles. The summed E-state index contributed by atoms with van der Waals surface area (Å²) >= 11 is 0. The third kappa shape index (κ3) is 3.08. The molecule has 0 saturated carbocycles. The van der Waals surface area contributed by atoms with Gasteiger partial charge in [0.15, 0.2) is 0 Å². The van der Waals surface area contributed by atoms with E-state index in [1.807, 2.05) is 12.1 Å². The van der Waals surface area contributed by atoms with Gasteiger partial charge < -0.3 is 15.4 Å². The summed E-state index contributed by atoms with van der Waals surface area (Å²) in [4.78, 5) is 6.44. The first kappa shape index (κ1) is 12.1. The van der Waals surface area contributed by atoms with Crippen molar-refractivity contribution in [1.29, 1.82) is 0 Å². The maximum Gasteiger partial charge on any atom is 0.141 e. The maximum absolute atomic E-state index is 9.00. The second-order valence-electron chi connectivity index (χ2n) is 4.51. The van der Waals surface area contributed by atoms with Gasteiger partial charge in [-0.15, -0.1) is 0 Å². The Kier molecular flexibility index (Phi) is 4.17. The van der Waals surface area contributed by atoms with Crippen molar-refractivity contribution in [1.82, 2.24) is 4.98 Å². The number of nitrogens with two attached hydrogens (primary N) is 1. The number of pyridine rings is 1. The highest BCUT2D eigenvalue weighted by molar-refractivity contribution is 5.53. The van der Waals surface area contributed by atoms with Crippen LogP contribution in [0.15, 0.2) is 18.3 Å². The van der Waals surface area contributed by atoms with Crippen LogP contribution < -0.4 is 16.2 Å². The average molecular weight is 236 g/mol. The Labute approximate surface area is 102 Å². The highest BCUT2D eigenvalue weighted by Gasteiger charge is 2.19. The summed E-state index contributed by atoms with van der Waals surface area (Å²) in [6.07, 6.45) is 5.05. The van der Waals surface area contributed by atoms with Crippen LogP contribution in [0.1, 0.15) is 19.3 Å². The lowest BCUT2D eigenvalue weighted by Crippen LogP contribution is -2.35. The maximum atomic E-state index is 9.00. The van der Waals surface area contributed by atoms with Crippen molar-refractivity contribution < 1.29 is 5.11 Å². The lowest BCUT2D eigenvalue weighted by molar-refractivity contribution is 0.244. The zero-order chi connectivity index (χ0) is 12.1. The van der Waals surface area contributed by atoms with E-state index in [1.165, 1.54) is 12.8 Å². The van der Waals surface area contributed by atoms with E-state index in [1.54, 1.807) is 6.20 Å². The summed E-state index contributed by atoms with van der Waals surface area (Å²) in [6.45, 7) is 2.36. The third-order valence-corrected chi connectivity index (χ3v) is 3.31. The molecule has 1 saturated heterocycles. The minimum atomic E-state index is 0.282. The molecule has 0 spiro atoms. The molecule has 0 bridgehead atoms. The molecule has 1 aromatic rings. The molecule has 5 heteroatoms. The summed E-state index contributed by atoms with van der Waals surface area (Å²) in [5, 5.41) is 9.00. The molecule has 0 amide bonds. The summed E-state index contributed by atoms with van der Waals surface area (Å²) in [7, 11) is 0. The topological polar surface area (TPSA) is 74.4 Å². The molecule has 1 aliphatic rings. The number of hydrazine groups is 1. The first-order chi connectivity index (χ1) is 8.33. The molecule has 4 N–H and O–H groups in total. The zero-order valence-electron chi connectivity index (χ0n) is 9.97. The van der Waals surface area contributed by atoms with E-state index in [0.29, 0.717) is 11.7 Å². The predicted octanol–water partition coefficient (Wildman–Crippen LogP) is 0.966. The van der Waals surface area contributed by atoms with Gasteiger partial charge in [-0.2, -0.15) is 0 Å². The van der Waals surface area contributed by atoms with Crippen LogP contribution in [0, 0.1) is 5.92 Å². The van der Waals surface area contributed by atoms with Crippen LogP contribution in [0.2, 0.25) is 0 Å². The number of hydrogen-bond acceptors (Lipinski definition) is 5. The van der Waals surface area contributed by atoms with Gasteiger partial charge in [-0.3, -0.25) is 0 Å². The van der Waals surface area contributed by atoms with Gasteiger partial charge in [0.05, 0.1) is 0 Å². The molecular formula is C12H20N4O. The van der Waals surface area contributed by atoms with E-state index in [0.717, 1.165) is 25.2 Å². The number of rotatable bonds is 4.